The molecule has 2 fully saturated rings. The number of ether oxygens (including phenoxy) is 1. The van der Waals surface area contributed by atoms with Crippen molar-refractivity contribution in [2.24, 2.45) is 11.7 Å². The number of hydrogen-bond acceptors (Lipinski definition) is 3. The lowest BCUT2D eigenvalue weighted by molar-refractivity contribution is -0.109. The summed E-state index contributed by atoms with van der Waals surface area (Å²) in [5, 5.41) is 2.20. The van der Waals surface area contributed by atoms with Gasteiger partial charge >= 0.3 is 0 Å². The fraction of sp³-hybridized carbons (Fsp3) is 0.667. The van der Waals surface area contributed by atoms with Crippen LogP contribution >= 0.6 is 11.3 Å². The van der Waals surface area contributed by atoms with Gasteiger partial charge in [-0.1, -0.05) is 0 Å². The van der Waals surface area contributed by atoms with E-state index in [2.05, 4.69) is 18.4 Å². The third-order valence-electron chi connectivity index (χ3n) is 3.99. The van der Waals surface area contributed by atoms with Gasteiger partial charge in [-0.15, -0.1) is 11.3 Å². The van der Waals surface area contributed by atoms with Crippen LogP contribution in [0.2, 0.25) is 0 Å². The fourth-order valence-corrected chi connectivity index (χ4v) is 4.05. The Hall–Kier alpha value is -0.380. The van der Waals surface area contributed by atoms with Crippen molar-refractivity contribution in [3.05, 3.63) is 21.9 Å². The maximum Gasteiger partial charge on any atom is 0.0596 e. The third kappa shape index (κ3) is 1.30. The molecule has 0 aromatic carbocycles. The Morgan fingerprint density at radius 1 is 1.47 bits per heavy atom. The lowest BCUT2D eigenvalue weighted by atomic mass is 9.61. The van der Waals surface area contributed by atoms with E-state index < -0.39 is 0 Å². The maximum absolute atomic E-state index is 5.90. The van der Waals surface area contributed by atoms with Crippen molar-refractivity contribution in [1.29, 1.82) is 0 Å². The van der Waals surface area contributed by atoms with Gasteiger partial charge < -0.3 is 10.5 Å². The van der Waals surface area contributed by atoms with Crippen LogP contribution in [0.25, 0.3) is 0 Å². The summed E-state index contributed by atoms with van der Waals surface area (Å²) in [4.78, 5) is 1.55. The Morgan fingerprint density at radius 3 is 2.60 bits per heavy atom. The molecule has 1 saturated heterocycles. The third-order valence-corrected chi connectivity index (χ3v) is 5.23. The highest BCUT2D eigenvalue weighted by atomic mass is 32.1. The smallest absolute Gasteiger partial charge is 0.0596 e. The van der Waals surface area contributed by atoms with Crippen LogP contribution in [-0.2, 0) is 10.2 Å². The highest BCUT2D eigenvalue weighted by Crippen LogP contribution is 2.50. The lowest BCUT2D eigenvalue weighted by Gasteiger charge is -2.52. The molecular weight excluding hydrogens is 206 g/mol. The van der Waals surface area contributed by atoms with E-state index in [9.17, 15) is 0 Å². The predicted octanol–water partition coefficient (Wildman–Crippen LogP) is 2.06. The highest BCUT2D eigenvalue weighted by Gasteiger charge is 2.52. The first-order chi connectivity index (χ1) is 7.22. The lowest BCUT2D eigenvalue weighted by Crippen LogP contribution is -2.58. The zero-order chi connectivity index (χ0) is 10.5. The fourth-order valence-electron chi connectivity index (χ4n) is 2.87. The molecule has 1 aliphatic heterocycles. The molecule has 2 aliphatic rings. The Kier molecular flexibility index (Phi) is 2.16. The van der Waals surface area contributed by atoms with E-state index in [0.717, 1.165) is 19.1 Å². The Morgan fingerprint density at radius 2 is 2.20 bits per heavy atom. The van der Waals surface area contributed by atoms with Gasteiger partial charge in [0.25, 0.3) is 0 Å². The Bertz CT molecular complexity index is 363. The van der Waals surface area contributed by atoms with E-state index in [0.29, 0.717) is 11.5 Å². The van der Waals surface area contributed by atoms with Gasteiger partial charge in [0.2, 0.25) is 0 Å². The summed E-state index contributed by atoms with van der Waals surface area (Å²) in [7, 11) is 0. The largest absolute Gasteiger partial charge is 0.379 e. The topological polar surface area (TPSA) is 35.2 Å². The summed E-state index contributed by atoms with van der Waals surface area (Å²) in [5.74, 6) is 0.763. The summed E-state index contributed by atoms with van der Waals surface area (Å²) >= 11 is 1.89. The normalized spacial score (nSPS) is 33.2. The number of rotatable bonds is 2. The monoisotopic (exact) mass is 223 g/mol. The van der Waals surface area contributed by atoms with E-state index in [1.54, 1.807) is 4.88 Å². The van der Waals surface area contributed by atoms with E-state index in [4.69, 9.17) is 10.5 Å². The van der Waals surface area contributed by atoms with Crippen LogP contribution < -0.4 is 5.73 Å². The number of aryl methyl sites for hydroxylation is 1. The molecule has 3 heteroatoms. The highest BCUT2D eigenvalue weighted by molar-refractivity contribution is 7.10. The second-order valence-electron chi connectivity index (χ2n) is 5.01. The quantitative estimate of drug-likeness (QED) is 0.833. The molecule has 1 aromatic heterocycles. The van der Waals surface area contributed by atoms with Crippen LogP contribution in [0.1, 0.15) is 23.3 Å². The van der Waals surface area contributed by atoms with Crippen molar-refractivity contribution in [1.82, 2.24) is 0 Å². The maximum atomic E-state index is 5.90. The van der Waals surface area contributed by atoms with Crippen molar-refractivity contribution < 1.29 is 4.74 Å². The number of hydrogen-bond donors (Lipinski definition) is 1. The number of nitrogens with two attached hydrogens (primary N) is 1. The van der Waals surface area contributed by atoms with E-state index >= 15 is 0 Å². The van der Waals surface area contributed by atoms with E-state index in [-0.39, 0.29) is 0 Å². The summed E-state index contributed by atoms with van der Waals surface area (Å²) < 4.78 is 5.47. The van der Waals surface area contributed by atoms with Crippen LogP contribution in [0.4, 0.5) is 0 Å². The molecule has 3 rings (SSSR count). The summed E-state index contributed by atoms with van der Waals surface area (Å²) in [6, 6.07) is 2.66. The minimum absolute atomic E-state index is 0.328. The second-order valence-corrected chi connectivity index (χ2v) is 5.93. The number of thiophene rings is 1. The zero-order valence-electron chi connectivity index (χ0n) is 9.03. The van der Waals surface area contributed by atoms with Crippen LogP contribution in [0.15, 0.2) is 11.4 Å². The molecule has 82 valence electrons. The first-order valence-corrected chi connectivity index (χ1v) is 6.48. The van der Waals surface area contributed by atoms with Crippen LogP contribution in [0.3, 0.4) is 0 Å². The molecule has 2 nitrogen and oxygen atoms in total. The first-order valence-electron chi connectivity index (χ1n) is 5.60. The van der Waals surface area contributed by atoms with Crippen molar-refractivity contribution in [3.8, 4) is 0 Å². The van der Waals surface area contributed by atoms with Crippen molar-refractivity contribution in [2.45, 2.75) is 31.2 Å². The van der Waals surface area contributed by atoms with Gasteiger partial charge in [0.05, 0.1) is 18.6 Å². The van der Waals surface area contributed by atoms with Gasteiger partial charge in [0, 0.05) is 10.9 Å². The average Bonchev–Trinajstić information content (AvgIpc) is 2.48. The molecule has 0 amide bonds. The van der Waals surface area contributed by atoms with E-state index in [1.165, 1.54) is 18.4 Å². The van der Waals surface area contributed by atoms with Crippen molar-refractivity contribution in [3.63, 3.8) is 0 Å². The summed E-state index contributed by atoms with van der Waals surface area (Å²) in [6.45, 7) is 4.03. The standard InChI is InChI=1S/C12H17NOS/c1-8-2-3-15-11(8)12(6-14-7-12)9-4-10(13)5-9/h2-3,9-10H,4-7,13H2,1H3. The van der Waals surface area contributed by atoms with Gasteiger partial charge in [0.1, 0.15) is 0 Å². The zero-order valence-corrected chi connectivity index (χ0v) is 9.85. The van der Waals surface area contributed by atoms with Crippen LogP contribution in [0, 0.1) is 12.8 Å². The molecule has 0 atom stereocenters. The van der Waals surface area contributed by atoms with Crippen molar-refractivity contribution in [2.75, 3.05) is 13.2 Å². The average molecular weight is 223 g/mol. The van der Waals surface area contributed by atoms with Crippen LogP contribution in [-0.4, -0.2) is 19.3 Å². The first kappa shape index (κ1) is 9.82. The summed E-state index contributed by atoms with van der Waals surface area (Å²) in [6.07, 6.45) is 2.36. The Balaban J connectivity index is 1.90. The minimum Gasteiger partial charge on any atom is -0.379 e. The molecular formula is C12H17NOS. The van der Waals surface area contributed by atoms with Gasteiger partial charge in [-0.2, -0.15) is 0 Å². The predicted molar refractivity (Wildman–Crippen MR) is 62.3 cm³/mol. The molecule has 0 radical (unpaired) electrons. The molecule has 1 aromatic rings. The molecule has 0 unspecified atom stereocenters. The van der Waals surface area contributed by atoms with Gasteiger partial charge in [-0.25, -0.2) is 0 Å². The van der Waals surface area contributed by atoms with Crippen LogP contribution in [0.5, 0.6) is 0 Å². The molecule has 0 bridgehead atoms. The van der Waals surface area contributed by atoms with Gasteiger partial charge in [0.15, 0.2) is 0 Å². The molecule has 2 N–H and O–H groups in total. The molecule has 0 spiro atoms. The molecule has 15 heavy (non-hydrogen) atoms. The summed E-state index contributed by atoms with van der Waals surface area (Å²) in [5.41, 5.74) is 7.66. The Labute approximate surface area is 94.4 Å². The van der Waals surface area contributed by atoms with Gasteiger partial charge in [-0.05, 0) is 42.7 Å². The molecule has 1 aliphatic carbocycles. The van der Waals surface area contributed by atoms with Crippen molar-refractivity contribution >= 4 is 11.3 Å². The minimum atomic E-state index is 0.328. The second kappa shape index (κ2) is 3.30. The van der Waals surface area contributed by atoms with E-state index in [1.807, 2.05) is 11.3 Å². The van der Waals surface area contributed by atoms with Gasteiger partial charge in [-0.3, -0.25) is 0 Å². The molecule has 2 heterocycles. The SMILES string of the molecule is Cc1ccsc1C1(C2CC(N)C2)COC1. The molecule has 1 saturated carbocycles.